The molecule has 1 unspecified atom stereocenters. The highest BCUT2D eigenvalue weighted by molar-refractivity contribution is 7.99. The molecule has 6 rings (SSSR count). The van der Waals surface area contributed by atoms with Gasteiger partial charge in [0.15, 0.2) is 0 Å². The molecule has 2 heteroatoms. The summed E-state index contributed by atoms with van der Waals surface area (Å²) in [6.45, 7) is 16.5. The van der Waals surface area contributed by atoms with Gasteiger partial charge in [-0.25, -0.2) is 0 Å². The number of nitrogens with zero attached hydrogens (tertiary/aromatic N) is 1. The van der Waals surface area contributed by atoms with Gasteiger partial charge in [-0.3, -0.25) is 0 Å². The number of fused-ring (bicyclic) bond motifs is 5. The molecular formula is C36H39NS. The second-order valence-electron chi connectivity index (χ2n) is 12.4. The number of aromatic nitrogens is 1. The first-order valence-corrected chi connectivity index (χ1v) is 14.8. The number of benzene rings is 4. The maximum atomic E-state index is 2.53. The normalized spacial score (nSPS) is 15.5. The third kappa shape index (κ3) is 3.60. The third-order valence-corrected chi connectivity index (χ3v) is 10.5. The Morgan fingerprint density at radius 2 is 1.47 bits per heavy atom. The van der Waals surface area contributed by atoms with Crippen LogP contribution in [0.2, 0.25) is 0 Å². The van der Waals surface area contributed by atoms with Crippen molar-refractivity contribution in [1.29, 1.82) is 0 Å². The molecule has 0 fully saturated rings. The Labute approximate surface area is 232 Å². The second-order valence-corrected chi connectivity index (χ2v) is 13.4. The van der Waals surface area contributed by atoms with E-state index in [0.717, 1.165) is 6.42 Å². The molecule has 0 amide bonds. The second kappa shape index (κ2) is 8.78. The van der Waals surface area contributed by atoms with Crippen molar-refractivity contribution in [2.45, 2.75) is 81.4 Å². The number of hydrogen-bond acceptors (Lipinski definition) is 1. The molecule has 1 nitrogen and oxygen atoms in total. The zero-order valence-electron chi connectivity index (χ0n) is 24.1. The van der Waals surface area contributed by atoms with Crippen LogP contribution in [-0.2, 0) is 17.9 Å². The van der Waals surface area contributed by atoms with E-state index in [2.05, 4.69) is 133 Å². The molecule has 0 spiro atoms. The van der Waals surface area contributed by atoms with E-state index >= 15 is 0 Å². The van der Waals surface area contributed by atoms with Crippen molar-refractivity contribution in [1.82, 2.24) is 4.57 Å². The highest BCUT2D eigenvalue weighted by Gasteiger charge is 2.34. The van der Waals surface area contributed by atoms with E-state index in [1.165, 1.54) is 65.0 Å². The molecule has 0 saturated heterocycles. The summed E-state index contributed by atoms with van der Waals surface area (Å²) >= 11 is 1.92. The van der Waals surface area contributed by atoms with Crippen molar-refractivity contribution < 1.29 is 0 Å². The van der Waals surface area contributed by atoms with Crippen LogP contribution in [0.3, 0.4) is 0 Å². The van der Waals surface area contributed by atoms with Crippen LogP contribution in [-0.4, -0.2) is 4.57 Å². The molecular weight excluding hydrogens is 478 g/mol. The van der Waals surface area contributed by atoms with Gasteiger partial charge in [-0.1, -0.05) is 95.8 Å². The van der Waals surface area contributed by atoms with Crippen molar-refractivity contribution >= 4 is 33.6 Å². The van der Waals surface area contributed by atoms with E-state index in [4.69, 9.17) is 0 Å². The number of rotatable bonds is 4. The molecule has 0 N–H and O–H groups in total. The molecule has 0 bridgehead atoms. The van der Waals surface area contributed by atoms with Gasteiger partial charge in [0.05, 0.1) is 0 Å². The summed E-state index contributed by atoms with van der Waals surface area (Å²) in [6, 6.07) is 27.8. The fourth-order valence-corrected chi connectivity index (χ4v) is 8.20. The van der Waals surface area contributed by atoms with Gasteiger partial charge in [-0.2, -0.15) is 0 Å². The summed E-state index contributed by atoms with van der Waals surface area (Å²) in [5, 5.41) is 2.75. The Kier molecular flexibility index (Phi) is 5.85. The highest BCUT2D eigenvalue weighted by atomic mass is 32.2. The fourth-order valence-electron chi connectivity index (χ4n) is 6.79. The first-order chi connectivity index (χ1) is 18.1. The predicted octanol–water partition coefficient (Wildman–Crippen LogP) is 10.3. The Balaban J connectivity index is 1.65. The van der Waals surface area contributed by atoms with E-state index in [-0.39, 0.29) is 10.8 Å². The van der Waals surface area contributed by atoms with E-state index < -0.39 is 0 Å². The van der Waals surface area contributed by atoms with Gasteiger partial charge in [0.25, 0.3) is 0 Å². The summed E-state index contributed by atoms with van der Waals surface area (Å²) in [5.74, 6) is 0.490. The molecule has 1 atom stereocenters. The van der Waals surface area contributed by atoms with Crippen molar-refractivity contribution in [3.05, 3.63) is 106 Å². The average Bonchev–Trinajstić information content (AvgIpc) is 3.17. The molecule has 4 aromatic carbocycles. The molecule has 194 valence electrons. The van der Waals surface area contributed by atoms with Gasteiger partial charge < -0.3 is 4.57 Å². The van der Waals surface area contributed by atoms with Crippen LogP contribution >= 0.6 is 11.8 Å². The molecule has 0 radical (unpaired) electrons. The Morgan fingerprint density at radius 3 is 2.21 bits per heavy atom. The van der Waals surface area contributed by atoms with Crippen molar-refractivity contribution in [3.8, 4) is 0 Å². The summed E-state index contributed by atoms with van der Waals surface area (Å²) < 4.78 is 2.43. The molecule has 2 heterocycles. The van der Waals surface area contributed by atoms with Crippen LogP contribution in [0.15, 0.2) is 82.6 Å². The molecule has 5 aromatic rings. The predicted molar refractivity (Wildman–Crippen MR) is 165 cm³/mol. The minimum atomic E-state index is -0.0898. The lowest BCUT2D eigenvalue weighted by Gasteiger charge is -2.34. The van der Waals surface area contributed by atoms with Gasteiger partial charge in [-0.05, 0) is 83.0 Å². The van der Waals surface area contributed by atoms with E-state index in [1.54, 1.807) is 0 Å². The van der Waals surface area contributed by atoms with Crippen LogP contribution in [0.25, 0.3) is 21.8 Å². The molecule has 38 heavy (non-hydrogen) atoms. The summed E-state index contributed by atoms with van der Waals surface area (Å²) in [4.78, 5) is 2.76. The maximum Gasteiger partial charge on any atom is 0.0500 e. The first kappa shape index (κ1) is 25.3. The summed E-state index contributed by atoms with van der Waals surface area (Å²) in [7, 11) is 2.25. The highest BCUT2D eigenvalue weighted by Crippen LogP contribution is 2.51. The topological polar surface area (TPSA) is 4.93 Å². The van der Waals surface area contributed by atoms with Gasteiger partial charge in [0.2, 0.25) is 0 Å². The zero-order valence-corrected chi connectivity index (χ0v) is 24.9. The minimum Gasteiger partial charge on any atom is -0.344 e. The van der Waals surface area contributed by atoms with Crippen LogP contribution in [0.1, 0.15) is 87.3 Å². The first-order valence-electron chi connectivity index (χ1n) is 14.0. The Hall–Kier alpha value is -2.97. The Bertz CT molecular complexity index is 1720. The summed E-state index contributed by atoms with van der Waals surface area (Å²) in [5.41, 5.74) is 11.1. The third-order valence-electron chi connectivity index (χ3n) is 9.37. The van der Waals surface area contributed by atoms with Gasteiger partial charge in [0.1, 0.15) is 0 Å². The molecule has 1 aliphatic heterocycles. The lowest BCUT2D eigenvalue weighted by atomic mass is 9.72. The molecule has 0 saturated carbocycles. The monoisotopic (exact) mass is 517 g/mol. The zero-order chi connectivity index (χ0) is 27.0. The molecule has 1 aromatic heterocycles. The van der Waals surface area contributed by atoms with Gasteiger partial charge in [0, 0.05) is 49.5 Å². The van der Waals surface area contributed by atoms with Gasteiger partial charge in [-0.15, -0.1) is 0 Å². The average molecular weight is 518 g/mol. The van der Waals surface area contributed by atoms with Gasteiger partial charge >= 0.3 is 0 Å². The Morgan fingerprint density at radius 1 is 0.816 bits per heavy atom. The smallest absolute Gasteiger partial charge is 0.0500 e. The number of aryl methyl sites for hydroxylation is 2. The SMILES string of the molecule is CCC(C)c1cc2c3cc4c(cc3n(C)c2cc1C(C)(C)c1ccccc1C)Sc1ccccc1C4(C)C. The quantitative estimate of drug-likeness (QED) is 0.229. The van der Waals surface area contributed by atoms with Crippen molar-refractivity contribution in [2.75, 3.05) is 0 Å². The standard InChI is InChI=1S/C36H39NS/c1-9-22(2)24-18-25-26-19-30-34(38-33-17-13-12-16-28(33)36(30,6)7)21-32(26)37(8)31(25)20-29(24)35(4,5)27-15-11-10-14-23(27)3/h10-22H,9H2,1-8H3. The van der Waals surface area contributed by atoms with Crippen LogP contribution in [0.5, 0.6) is 0 Å². The van der Waals surface area contributed by atoms with Crippen molar-refractivity contribution in [2.24, 2.45) is 7.05 Å². The van der Waals surface area contributed by atoms with E-state index in [1.807, 2.05) is 11.8 Å². The summed E-state index contributed by atoms with van der Waals surface area (Å²) in [6.07, 6.45) is 1.13. The van der Waals surface area contributed by atoms with Crippen molar-refractivity contribution in [3.63, 3.8) is 0 Å². The van der Waals surface area contributed by atoms with Crippen LogP contribution in [0.4, 0.5) is 0 Å². The largest absolute Gasteiger partial charge is 0.344 e. The van der Waals surface area contributed by atoms with Crippen LogP contribution in [0, 0.1) is 6.92 Å². The lowest BCUT2D eigenvalue weighted by Crippen LogP contribution is -2.23. The van der Waals surface area contributed by atoms with E-state index in [9.17, 15) is 0 Å². The number of hydrogen-bond donors (Lipinski definition) is 0. The maximum absolute atomic E-state index is 2.53. The molecule has 1 aliphatic rings. The molecule has 0 aliphatic carbocycles. The fraction of sp³-hybridized carbons (Fsp3) is 0.333. The lowest BCUT2D eigenvalue weighted by molar-refractivity contribution is 0.608. The minimum absolute atomic E-state index is 0.0279. The van der Waals surface area contributed by atoms with E-state index in [0.29, 0.717) is 5.92 Å². The van der Waals surface area contributed by atoms with Crippen LogP contribution < -0.4 is 0 Å².